The van der Waals surface area contributed by atoms with E-state index in [9.17, 15) is 9.90 Å². The molecule has 1 unspecified atom stereocenters. The molecule has 11 heteroatoms. The molecule has 0 radical (unpaired) electrons. The molecule has 204 valence electrons. The average molecular weight is 554 g/mol. The van der Waals surface area contributed by atoms with Crippen molar-refractivity contribution in [3.63, 3.8) is 0 Å². The number of rotatable bonds is 11. The number of amides is 1. The van der Waals surface area contributed by atoms with Crippen LogP contribution in [0.2, 0.25) is 0 Å². The van der Waals surface area contributed by atoms with Gasteiger partial charge in [-0.25, -0.2) is 4.84 Å². The fourth-order valence-corrected chi connectivity index (χ4v) is 4.29. The molecule has 4 rings (SSSR count). The molecule has 0 bridgehead atoms. The number of nitrogens with one attached hydrogen (secondary N) is 2. The van der Waals surface area contributed by atoms with E-state index in [1.807, 2.05) is 6.07 Å². The van der Waals surface area contributed by atoms with Gasteiger partial charge in [0.2, 0.25) is 11.7 Å². The minimum atomic E-state index is -0.755. The maximum atomic E-state index is 13.1. The summed E-state index contributed by atoms with van der Waals surface area (Å²) in [5, 5.41) is 16.6. The summed E-state index contributed by atoms with van der Waals surface area (Å²) in [6.45, 7) is 0. The first kappa shape index (κ1) is 27.6. The van der Waals surface area contributed by atoms with Crippen LogP contribution in [0.25, 0.3) is 22.4 Å². The average Bonchev–Trinajstić information content (AvgIpc) is 3.46. The highest BCUT2D eigenvalue weighted by Crippen LogP contribution is 2.43. The fourth-order valence-electron chi connectivity index (χ4n) is 4.11. The lowest BCUT2D eigenvalue weighted by atomic mass is 10.00. The number of hydrogen-bond acceptors (Lipinski definition) is 9. The minimum absolute atomic E-state index is 0.139. The van der Waals surface area contributed by atoms with Crippen molar-refractivity contribution >= 4 is 23.4 Å². The summed E-state index contributed by atoms with van der Waals surface area (Å²) >= 11 is 5.91. The Balaban J connectivity index is 1.66. The molecular weight excluding hydrogens is 526 g/mol. The van der Waals surface area contributed by atoms with Gasteiger partial charge in [0.15, 0.2) is 11.5 Å². The second kappa shape index (κ2) is 12.4. The summed E-state index contributed by atoms with van der Waals surface area (Å²) in [7, 11) is 6.12. The quantitative estimate of drug-likeness (QED) is 0.219. The summed E-state index contributed by atoms with van der Waals surface area (Å²) in [5.74, 6) is 1.62. The first-order valence-electron chi connectivity index (χ1n) is 11.8. The Labute approximate surface area is 230 Å². The number of hydrogen-bond donors (Lipinski definition) is 3. The molecule has 0 spiro atoms. The van der Waals surface area contributed by atoms with Crippen LogP contribution < -0.4 is 29.1 Å². The Morgan fingerprint density at radius 2 is 1.59 bits per heavy atom. The van der Waals surface area contributed by atoms with Gasteiger partial charge in [0, 0.05) is 11.1 Å². The smallest absolute Gasteiger partial charge is 0.243 e. The van der Waals surface area contributed by atoms with Crippen molar-refractivity contribution in [2.45, 2.75) is 12.5 Å². The van der Waals surface area contributed by atoms with Gasteiger partial charge in [0.25, 0.3) is 0 Å². The van der Waals surface area contributed by atoms with Crippen molar-refractivity contribution in [2.24, 2.45) is 0 Å². The van der Waals surface area contributed by atoms with Gasteiger partial charge in [-0.15, -0.1) is 0 Å². The number of benzene rings is 3. The minimum Gasteiger partial charge on any atom is -0.508 e. The van der Waals surface area contributed by atoms with Gasteiger partial charge in [-0.3, -0.25) is 4.79 Å². The number of aromatic hydroxyl groups is 1. The van der Waals surface area contributed by atoms with Crippen LogP contribution in [0.15, 0.2) is 65.4 Å². The molecule has 4 aromatic rings. The van der Waals surface area contributed by atoms with Crippen LogP contribution >= 0.6 is 11.8 Å². The van der Waals surface area contributed by atoms with E-state index in [1.165, 1.54) is 34.7 Å². The van der Waals surface area contributed by atoms with Crippen molar-refractivity contribution in [3.05, 3.63) is 66.4 Å². The van der Waals surface area contributed by atoms with Crippen LogP contribution in [-0.2, 0) is 11.2 Å². The highest BCUT2D eigenvalue weighted by molar-refractivity contribution is 6.15. The Kier molecular flexibility index (Phi) is 8.80. The van der Waals surface area contributed by atoms with Crippen LogP contribution in [-0.4, -0.2) is 50.7 Å². The fraction of sp³-hybridized carbons (Fsp3) is 0.214. The standard InChI is InChI=1S/C28H28ClN3O7/c1-35-23-10-7-17(12-21(23)30-28(34)22(31-29)11-16-5-8-19(33)9-6-16)20-15-39-32-26(20)18-13-24(36-2)27(38-4)25(14-18)37-3/h5-10,12-15,22,31,33H,11H2,1-4H3,(H,30,34). The molecule has 1 atom stereocenters. The van der Waals surface area contributed by atoms with Crippen molar-refractivity contribution < 1.29 is 33.4 Å². The van der Waals surface area contributed by atoms with E-state index in [2.05, 4.69) is 15.3 Å². The molecule has 0 saturated carbocycles. The van der Waals surface area contributed by atoms with Gasteiger partial charge in [0.1, 0.15) is 29.5 Å². The van der Waals surface area contributed by atoms with Crippen LogP contribution in [0.1, 0.15) is 5.56 Å². The van der Waals surface area contributed by atoms with Gasteiger partial charge in [-0.2, -0.15) is 0 Å². The largest absolute Gasteiger partial charge is 0.508 e. The molecule has 1 amide bonds. The van der Waals surface area contributed by atoms with Crippen molar-refractivity contribution in [1.82, 2.24) is 9.99 Å². The molecule has 0 aliphatic rings. The number of carbonyl (C=O) groups excluding carboxylic acids is 1. The number of carbonyl (C=O) groups is 1. The highest BCUT2D eigenvalue weighted by atomic mass is 35.5. The first-order valence-corrected chi connectivity index (χ1v) is 12.2. The number of phenolic OH excluding ortho intramolecular Hbond substituents is 1. The molecule has 0 aliphatic carbocycles. The number of phenols is 1. The zero-order chi connectivity index (χ0) is 27.9. The zero-order valence-electron chi connectivity index (χ0n) is 21.8. The number of anilines is 1. The Bertz CT molecular complexity index is 1410. The van der Waals surface area contributed by atoms with Gasteiger partial charge in [0.05, 0.1) is 34.1 Å². The summed E-state index contributed by atoms with van der Waals surface area (Å²) in [4.78, 5) is 15.7. The summed E-state index contributed by atoms with van der Waals surface area (Å²) in [6.07, 6.45) is 1.81. The molecule has 0 aliphatic heterocycles. The molecule has 0 fully saturated rings. The third kappa shape index (κ3) is 6.02. The van der Waals surface area contributed by atoms with E-state index in [4.69, 9.17) is 35.2 Å². The van der Waals surface area contributed by atoms with Gasteiger partial charge in [-0.1, -0.05) is 23.4 Å². The third-order valence-electron chi connectivity index (χ3n) is 6.10. The molecular formula is C28H28ClN3O7. The van der Waals surface area contributed by atoms with E-state index >= 15 is 0 Å². The normalized spacial score (nSPS) is 11.5. The topological polar surface area (TPSA) is 124 Å². The molecule has 0 saturated heterocycles. The lowest BCUT2D eigenvalue weighted by molar-refractivity contribution is -0.117. The Hall–Kier alpha value is -4.41. The molecule has 1 heterocycles. The number of aromatic nitrogens is 1. The molecule has 3 N–H and O–H groups in total. The predicted octanol–water partition coefficient (Wildman–Crippen LogP) is 5.04. The van der Waals surface area contributed by atoms with Crippen molar-refractivity contribution in [1.29, 1.82) is 0 Å². The van der Waals surface area contributed by atoms with E-state index in [1.54, 1.807) is 48.5 Å². The van der Waals surface area contributed by atoms with E-state index in [0.717, 1.165) is 5.56 Å². The molecule has 10 nitrogen and oxygen atoms in total. The second-order valence-electron chi connectivity index (χ2n) is 8.43. The monoisotopic (exact) mass is 553 g/mol. The van der Waals surface area contributed by atoms with Crippen molar-refractivity contribution in [2.75, 3.05) is 33.8 Å². The Morgan fingerprint density at radius 1 is 0.923 bits per heavy atom. The van der Waals surface area contributed by atoms with Crippen LogP contribution in [0.5, 0.6) is 28.7 Å². The molecule has 3 aromatic carbocycles. The van der Waals surface area contributed by atoms with E-state index in [0.29, 0.717) is 57.5 Å². The summed E-state index contributed by atoms with van der Waals surface area (Å²) < 4.78 is 27.2. The third-order valence-corrected chi connectivity index (χ3v) is 6.36. The zero-order valence-corrected chi connectivity index (χ0v) is 22.5. The number of ether oxygens (including phenoxy) is 4. The van der Waals surface area contributed by atoms with Crippen LogP contribution in [0.3, 0.4) is 0 Å². The van der Waals surface area contributed by atoms with Gasteiger partial charge >= 0.3 is 0 Å². The highest BCUT2D eigenvalue weighted by Gasteiger charge is 2.22. The predicted molar refractivity (Wildman–Crippen MR) is 147 cm³/mol. The molecule has 1 aromatic heterocycles. The summed E-state index contributed by atoms with van der Waals surface area (Å²) in [6, 6.07) is 14.7. The summed E-state index contributed by atoms with van der Waals surface area (Å²) in [5.41, 5.74) is 3.84. The van der Waals surface area contributed by atoms with Crippen molar-refractivity contribution in [3.8, 4) is 51.1 Å². The number of methoxy groups -OCH3 is 4. The van der Waals surface area contributed by atoms with Crippen LogP contribution in [0.4, 0.5) is 5.69 Å². The number of halogens is 1. The lowest BCUT2D eigenvalue weighted by Crippen LogP contribution is -2.37. The maximum absolute atomic E-state index is 13.1. The first-order chi connectivity index (χ1) is 18.9. The number of nitrogens with zero attached hydrogens (tertiary/aromatic N) is 1. The van der Waals surface area contributed by atoms with Crippen LogP contribution in [0, 0.1) is 0 Å². The van der Waals surface area contributed by atoms with Gasteiger partial charge < -0.3 is 33.9 Å². The van der Waals surface area contributed by atoms with Gasteiger partial charge in [-0.05, 0) is 65.7 Å². The Morgan fingerprint density at radius 3 is 2.18 bits per heavy atom. The second-order valence-corrected chi connectivity index (χ2v) is 8.65. The van der Waals surface area contributed by atoms with E-state index in [-0.39, 0.29) is 11.7 Å². The maximum Gasteiger partial charge on any atom is 0.243 e. The SMILES string of the molecule is COc1ccc(-c2conc2-c2cc(OC)c(OC)c(OC)c2)cc1NC(=O)C(Cc1ccc(O)cc1)NCl. The molecule has 39 heavy (non-hydrogen) atoms. The van der Waals surface area contributed by atoms with E-state index < -0.39 is 6.04 Å². The lowest BCUT2D eigenvalue weighted by Gasteiger charge is -2.17.